The zero-order chi connectivity index (χ0) is 19.7. The maximum absolute atomic E-state index is 12.8. The van der Waals surface area contributed by atoms with Gasteiger partial charge in [-0.3, -0.25) is 14.5 Å². The molecule has 2 aromatic rings. The zero-order valence-electron chi connectivity index (χ0n) is 15.1. The third-order valence-electron chi connectivity index (χ3n) is 4.45. The van der Waals surface area contributed by atoms with Crippen molar-refractivity contribution in [3.05, 3.63) is 48.5 Å². The van der Waals surface area contributed by atoms with Gasteiger partial charge in [-0.05, 0) is 31.2 Å². The third-order valence-corrected chi connectivity index (χ3v) is 4.45. The van der Waals surface area contributed by atoms with Gasteiger partial charge < -0.3 is 19.5 Å². The second-order valence-electron chi connectivity index (χ2n) is 6.43. The molecule has 1 N–H and O–H groups in total. The van der Waals surface area contributed by atoms with E-state index in [0.29, 0.717) is 22.9 Å². The number of amides is 2. The smallest absolute Gasteiger partial charge is 0.351 e. The second kappa shape index (κ2) is 7.22. The van der Waals surface area contributed by atoms with E-state index in [4.69, 9.17) is 14.2 Å². The van der Waals surface area contributed by atoms with Crippen LogP contribution in [0.2, 0.25) is 0 Å². The molecule has 0 spiro atoms. The normalized spacial score (nSPS) is 18.5. The lowest BCUT2D eigenvalue weighted by molar-refractivity contribution is -0.163. The van der Waals surface area contributed by atoms with Crippen LogP contribution in [-0.2, 0) is 19.1 Å². The summed E-state index contributed by atoms with van der Waals surface area (Å²) in [7, 11) is 0. The van der Waals surface area contributed by atoms with E-state index in [2.05, 4.69) is 5.32 Å². The highest BCUT2D eigenvalue weighted by atomic mass is 16.6. The summed E-state index contributed by atoms with van der Waals surface area (Å²) in [5.41, 5.74) is 1.09. The van der Waals surface area contributed by atoms with Gasteiger partial charge in [0.2, 0.25) is 12.0 Å². The highest BCUT2D eigenvalue weighted by Gasteiger charge is 2.35. The van der Waals surface area contributed by atoms with Crippen LogP contribution in [0.1, 0.15) is 6.92 Å². The van der Waals surface area contributed by atoms with E-state index in [1.807, 2.05) is 0 Å². The van der Waals surface area contributed by atoms with Gasteiger partial charge in [0.25, 0.3) is 5.91 Å². The number of ether oxygens (including phenoxy) is 3. The van der Waals surface area contributed by atoms with Gasteiger partial charge in [0.15, 0.2) is 17.6 Å². The number of para-hydroxylation sites is 4. The first-order chi connectivity index (χ1) is 13.5. The lowest BCUT2D eigenvalue weighted by atomic mass is 10.1. The Balaban J connectivity index is 1.44. The fraction of sp³-hybridized carbons (Fsp3) is 0.250. The molecule has 28 heavy (non-hydrogen) atoms. The number of rotatable bonds is 3. The van der Waals surface area contributed by atoms with Crippen molar-refractivity contribution in [2.24, 2.45) is 0 Å². The molecule has 0 radical (unpaired) electrons. The number of benzene rings is 2. The van der Waals surface area contributed by atoms with E-state index in [0.717, 1.165) is 0 Å². The van der Waals surface area contributed by atoms with Crippen LogP contribution < -0.4 is 19.7 Å². The van der Waals surface area contributed by atoms with Crippen molar-refractivity contribution in [2.45, 2.75) is 19.1 Å². The van der Waals surface area contributed by atoms with Crippen LogP contribution in [-0.4, -0.2) is 43.1 Å². The number of hydrogen-bond acceptors (Lipinski definition) is 6. The average Bonchev–Trinajstić information content (AvgIpc) is 2.72. The zero-order valence-corrected chi connectivity index (χ0v) is 15.1. The first kappa shape index (κ1) is 17.8. The summed E-state index contributed by atoms with van der Waals surface area (Å²) in [6.45, 7) is 1.31. The van der Waals surface area contributed by atoms with Crippen LogP contribution in [0.5, 0.6) is 11.5 Å². The molecular weight excluding hydrogens is 364 g/mol. The molecule has 2 heterocycles. The molecule has 0 aliphatic carbocycles. The van der Waals surface area contributed by atoms with Crippen LogP contribution in [0.3, 0.4) is 0 Å². The summed E-state index contributed by atoms with van der Waals surface area (Å²) >= 11 is 0. The number of carbonyl (C=O) groups excluding carboxylic acids is 3. The number of hydrogen-bond donors (Lipinski definition) is 1. The molecule has 0 saturated heterocycles. The van der Waals surface area contributed by atoms with Gasteiger partial charge >= 0.3 is 5.97 Å². The van der Waals surface area contributed by atoms with Gasteiger partial charge in [-0.2, -0.15) is 0 Å². The summed E-state index contributed by atoms with van der Waals surface area (Å²) in [6, 6.07) is 13.9. The molecule has 8 heteroatoms. The van der Waals surface area contributed by atoms with E-state index in [9.17, 15) is 14.4 Å². The minimum Gasteiger partial charge on any atom is -0.485 e. The Labute approximate surface area is 161 Å². The van der Waals surface area contributed by atoms with Gasteiger partial charge in [-0.25, -0.2) is 4.79 Å². The summed E-state index contributed by atoms with van der Waals surface area (Å²) < 4.78 is 16.4. The lowest BCUT2D eigenvalue weighted by Gasteiger charge is -2.31. The average molecular weight is 382 g/mol. The second-order valence-corrected chi connectivity index (χ2v) is 6.43. The summed E-state index contributed by atoms with van der Waals surface area (Å²) in [5, 5.41) is 2.71. The van der Waals surface area contributed by atoms with Crippen LogP contribution in [0.15, 0.2) is 48.5 Å². The maximum atomic E-state index is 12.8. The number of fused-ring (bicyclic) bond motifs is 2. The molecule has 0 fully saturated rings. The highest BCUT2D eigenvalue weighted by molar-refractivity contribution is 6.11. The Bertz CT molecular complexity index is 944. The number of nitrogens with zero attached hydrogens (tertiary/aromatic N) is 1. The molecule has 2 aliphatic rings. The number of nitrogens with one attached hydrogen (secondary N) is 1. The van der Waals surface area contributed by atoms with Gasteiger partial charge in [0.1, 0.15) is 13.2 Å². The van der Waals surface area contributed by atoms with Crippen molar-refractivity contribution in [2.75, 3.05) is 23.4 Å². The Morgan fingerprint density at radius 1 is 1.14 bits per heavy atom. The molecule has 0 saturated carbocycles. The molecule has 2 aromatic carbocycles. The van der Waals surface area contributed by atoms with Crippen LogP contribution in [0.25, 0.3) is 0 Å². The van der Waals surface area contributed by atoms with E-state index < -0.39 is 24.1 Å². The van der Waals surface area contributed by atoms with Crippen molar-refractivity contribution < 1.29 is 28.6 Å². The van der Waals surface area contributed by atoms with Gasteiger partial charge in [-0.1, -0.05) is 24.3 Å². The monoisotopic (exact) mass is 382 g/mol. The molecule has 2 atom stereocenters. The van der Waals surface area contributed by atoms with Crippen LogP contribution in [0.4, 0.5) is 11.4 Å². The van der Waals surface area contributed by atoms with Gasteiger partial charge in [0, 0.05) is 0 Å². The molecule has 0 bridgehead atoms. The fourth-order valence-corrected chi connectivity index (χ4v) is 3.09. The Morgan fingerprint density at radius 2 is 1.86 bits per heavy atom. The van der Waals surface area contributed by atoms with E-state index in [1.54, 1.807) is 48.5 Å². The molecule has 144 valence electrons. The molecule has 0 unspecified atom stereocenters. The molecule has 8 nitrogen and oxygen atoms in total. The number of esters is 1. The standard InChI is InChI=1S/C20H18N2O6/c1-12(19(24)22-10-18(23)21-13-6-2-3-7-14(13)22)27-20(25)17-11-26-15-8-4-5-9-16(15)28-17/h2-9,12,17H,10-11H2,1H3,(H,21,23)/t12-,17-/m1/s1. The van der Waals surface area contributed by atoms with E-state index >= 15 is 0 Å². The third kappa shape index (κ3) is 3.36. The predicted molar refractivity (Wildman–Crippen MR) is 99.3 cm³/mol. The first-order valence-corrected chi connectivity index (χ1v) is 8.82. The summed E-state index contributed by atoms with van der Waals surface area (Å²) in [5.74, 6) is -0.521. The maximum Gasteiger partial charge on any atom is 0.351 e. The molecule has 0 aromatic heterocycles. The molecular formula is C20H18N2O6. The van der Waals surface area contributed by atoms with Crippen molar-refractivity contribution in [1.29, 1.82) is 0 Å². The van der Waals surface area contributed by atoms with Gasteiger partial charge in [0.05, 0.1) is 11.4 Å². The molecule has 4 rings (SSSR count). The van der Waals surface area contributed by atoms with E-state index in [-0.39, 0.29) is 19.1 Å². The van der Waals surface area contributed by atoms with Crippen LogP contribution >= 0.6 is 0 Å². The Hall–Kier alpha value is -3.55. The number of carbonyl (C=O) groups is 3. The van der Waals surface area contributed by atoms with Gasteiger partial charge in [-0.15, -0.1) is 0 Å². The summed E-state index contributed by atoms with van der Waals surface area (Å²) in [6.07, 6.45) is -2.06. The van der Waals surface area contributed by atoms with Crippen LogP contribution in [0, 0.1) is 0 Å². The minimum absolute atomic E-state index is 0.00822. The predicted octanol–water partition coefficient (Wildman–Crippen LogP) is 1.74. The fourth-order valence-electron chi connectivity index (χ4n) is 3.09. The van der Waals surface area contributed by atoms with Crippen molar-refractivity contribution in [3.8, 4) is 11.5 Å². The van der Waals surface area contributed by atoms with Crippen molar-refractivity contribution >= 4 is 29.2 Å². The topological polar surface area (TPSA) is 94.2 Å². The largest absolute Gasteiger partial charge is 0.485 e. The first-order valence-electron chi connectivity index (χ1n) is 8.82. The highest BCUT2D eigenvalue weighted by Crippen LogP contribution is 2.32. The van der Waals surface area contributed by atoms with Crippen molar-refractivity contribution in [3.63, 3.8) is 0 Å². The lowest BCUT2D eigenvalue weighted by Crippen LogP contribution is -2.48. The molecule has 2 aliphatic heterocycles. The Morgan fingerprint density at radius 3 is 2.68 bits per heavy atom. The number of anilines is 2. The molecule has 2 amide bonds. The quantitative estimate of drug-likeness (QED) is 0.813. The summed E-state index contributed by atoms with van der Waals surface area (Å²) in [4.78, 5) is 38.5. The Kier molecular flexibility index (Phi) is 4.60. The van der Waals surface area contributed by atoms with Crippen molar-refractivity contribution in [1.82, 2.24) is 0 Å². The SMILES string of the molecule is C[C@@H](OC(=O)[C@H]1COc2ccccc2O1)C(=O)N1CC(=O)Nc2ccccc21. The minimum atomic E-state index is -1.09. The van der Waals surface area contributed by atoms with E-state index in [1.165, 1.54) is 11.8 Å².